The third-order valence-corrected chi connectivity index (χ3v) is 2.90. The van der Waals surface area contributed by atoms with Gasteiger partial charge in [0.05, 0.1) is 25.2 Å². The summed E-state index contributed by atoms with van der Waals surface area (Å²) in [6, 6.07) is 6.09. The number of methoxy groups -OCH3 is 1. The van der Waals surface area contributed by atoms with Crippen LogP contribution >= 0.6 is 0 Å². The van der Waals surface area contributed by atoms with Crippen LogP contribution in [0.25, 0.3) is 0 Å². The highest BCUT2D eigenvalue weighted by atomic mass is 16.6. The van der Waals surface area contributed by atoms with Gasteiger partial charge in [-0.15, -0.1) is 0 Å². The van der Waals surface area contributed by atoms with Gasteiger partial charge >= 0.3 is 5.97 Å². The predicted molar refractivity (Wildman–Crippen MR) is 82.9 cm³/mol. The van der Waals surface area contributed by atoms with Crippen molar-refractivity contribution < 1.29 is 34.0 Å². The van der Waals surface area contributed by atoms with Gasteiger partial charge in [0.1, 0.15) is 0 Å². The molecule has 23 heavy (non-hydrogen) atoms. The molecular weight excluding hydrogens is 304 g/mol. The lowest BCUT2D eigenvalue weighted by molar-refractivity contribution is -0.157. The van der Waals surface area contributed by atoms with Gasteiger partial charge in [-0.25, -0.2) is 4.79 Å². The molecule has 7 nitrogen and oxygen atoms in total. The fourth-order valence-electron chi connectivity index (χ4n) is 1.70. The number of carbonyl (C=O) groups excluding carboxylic acids is 2. The van der Waals surface area contributed by atoms with Crippen molar-refractivity contribution in [2.45, 2.75) is 26.1 Å². The first-order chi connectivity index (χ1) is 11.0. The fourth-order valence-corrected chi connectivity index (χ4v) is 1.70. The molecule has 1 rings (SSSR count). The lowest BCUT2D eigenvalue weighted by atomic mass is 9.98. The van der Waals surface area contributed by atoms with E-state index in [1.165, 1.54) is 19.2 Å². The lowest BCUT2D eigenvalue weighted by Gasteiger charge is -2.19. The Bertz CT molecular complexity index is 442. The zero-order valence-electron chi connectivity index (χ0n) is 13.6. The number of hydrogen-bond acceptors (Lipinski definition) is 7. The van der Waals surface area contributed by atoms with Crippen LogP contribution in [0.1, 0.15) is 35.7 Å². The smallest absolute Gasteiger partial charge is 0.337 e. The van der Waals surface area contributed by atoms with Crippen molar-refractivity contribution in [2.24, 2.45) is 0 Å². The molecular formula is C16H24O7. The number of carbonyl (C=O) groups is 2. The van der Waals surface area contributed by atoms with Crippen LogP contribution < -0.4 is 0 Å². The normalized spacial score (nSPS) is 12.4. The molecule has 7 heteroatoms. The third-order valence-electron chi connectivity index (χ3n) is 2.90. The molecule has 0 saturated carbocycles. The number of hydrogen-bond donors (Lipinski definition) is 2. The zero-order chi connectivity index (χ0) is 17.7. The van der Waals surface area contributed by atoms with Gasteiger partial charge in [-0.2, -0.15) is 0 Å². The van der Waals surface area contributed by atoms with Crippen LogP contribution in [0, 0.1) is 0 Å². The summed E-state index contributed by atoms with van der Waals surface area (Å²) in [5.41, 5.74) is 0.892. The molecule has 0 bridgehead atoms. The Morgan fingerprint density at radius 3 is 2.13 bits per heavy atom. The van der Waals surface area contributed by atoms with Gasteiger partial charge in [0.15, 0.2) is 0 Å². The average Bonchev–Trinajstić information content (AvgIpc) is 2.57. The first-order valence-corrected chi connectivity index (χ1v) is 7.19. The quantitative estimate of drug-likeness (QED) is 0.418. The molecule has 0 spiro atoms. The van der Waals surface area contributed by atoms with Gasteiger partial charge in [-0.3, -0.25) is 4.79 Å². The second-order valence-corrected chi connectivity index (χ2v) is 4.31. The average molecular weight is 328 g/mol. The van der Waals surface area contributed by atoms with Crippen LogP contribution in [-0.2, 0) is 19.0 Å². The van der Waals surface area contributed by atoms with Crippen molar-refractivity contribution in [1.29, 1.82) is 0 Å². The monoisotopic (exact) mass is 328 g/mol. The number of esters is 1. The van der Waals surface area contributed by atoms with E-state index in [1.807, 2.05) is 13.8 Å². The van der Waals surface area contributed by atoms with Crippen molar-refractivity contribution >= 4 is 12.4 Å². The van der Waals surface area contributed by atoms with Crippen molar-refractivity contribution in [3.8, 4) is 0 Å². The minimum absolute atomic E-state index is 0.107. The highest BCUT2D eigenvalue weighted by Gasteiger charge is 2.21. The summed E-state index contributed by atoms with van der Waals surface area (Å²) in [6.45, 7) is 5.38. The minimum Gasteiger partial charge on any atom is -0.465 e. The summed E-state index contributed by atoms with van der Waals surface area (Å²) in [4.78, 5) is 21.3. The summed E-state index contributed by atoms with van der Waals surface area (Å²) < 4.78 is 13.7. The Morgan fingerprint density at radius 1 is 1.22 bits per heavy atom. The van der Waals surface area contributed by atoms with Crippen molar-refractivity contribution in [1.82, 2.24) is 0 Å². The Labute approximate surface area is 135 Å². The van der Waals surface area contributed by atoms with Crippen LogP contribution in [0.3, 0.4) is 0 Å². The van der Waals surface area contributed by atoms with E-state index < -0.39 is 24.8 Å². The predicted octanol–water partition coefficient (Wildman–Crippen LogP) is 1.08. The van der Waals surface area contributed by atoms with E-state index in [0.717, 1.165) is 13.2 Å². The van der Waals surface area contributed by atoms with E-state index >= 15 is 0 Å². The summed E-state index contributed by atoms with van der Waals surface area (Å²) in [5, 5.41) is 18.6. The first-order valence-electron chi connectivity index (χ1n) is 7.19. The van der Waals surface area contributed by atoms with Crippen molar-refractivity contribution in [3.63, 3.8) is 0 Å². The maximum absolute atomic E-state index is 11.2. The van der Waals surface area contributed by atoms with Gasteiger partial charge in [-0.1, -0.05) is 12.1 Å². The van der Waals surface area contributed by atoms with Crippen LogP contribution in [0.15, 0.2) is 24.3 Å². The molecule has 0 aliphatic rings. The molecule has 0 aromatic heterocycles. The van der Waals surface area contributed by atoms with E-state index in [4.69, 9.17) is 9.84 Å². The van der Waals surface area contributed by atoms with Crippen LogP contribution in [0.2, 0.25) is 0 Å². The lowest BCUT2D eigenvalue weighted by Crippen LogP contribution is -2.24. The largest absolute Gasteiger partial charge is 0.465 e. The second-order valence-electron chi connectivity index (χ2n) is 4.31. The number of rotatable bonds is 8. The SMILES string of the molecule is CCOCC.COC(=O)c1ccc(C(CO)C(O)OC=O)cc1. The van der Waals surface area contributed by atoms with E-state index in [0.29, 0.717) is 11.1 Å². The molecule has 0 aliphatic carbocycles. The van der Waals surface area contributed by atoms with Gasteiger partial charge in [0.2, 0.25) is 6.29 Å². The molecule has 1 aromatic rings. The van der Waals surface area contributed by atoms with E-state index in [9.17, 15) is 14.7 Å². The topological polar surface area (TPSA) is 102 Å². The Morgan fingerprint density at radius 2 is 1.78 bits per heavy atom. The van der Waals surface area contributed by atoms with E-state index in [2.05, 4.69) is 9.47 Å². The third kappa shape index (κ3) is 7.73. The number of benzene rings is 1. The number of aliphatic hydroxyl groups excluding tert-OH is 2. The molecule has 0 fully saturated rings. The van der Waals surface area contributed by atoms with Crippen molar-refractivity contribution in [2.75, 3.05) is 26.9 Å². The van der Waals surface area contributed by atoms with Crippen LogP contribution in [0.4, 0.5) is 0 Å². The second kappa shape index (κ2) is 12.6. The maximum Gasteiger partial charge on any atom is 0.337 e. The highest BCUT2D eigenvalue weighted by molar-refractivity contribution is 5.89. The van der Waals surface area contributed by atoms with Gasteiger partial charge < -0.3 is 24.4 Å². The zero-order valence-corrected chi connectivity index (χ0v) is 13.6. The molecule has 2 N–H and O–H groups in total. The molecule has 2 unspecified atom stereocenters. The summed E-state index contributed by atoms with van der Waals surface area (Å²) in [6.07, 6.45) is -1.43. The molecule has 0 radical (unpaired) electrons. The molecule has 130 valence electrons. The molecule has 0 heterocycles. The van der Waals surface area contributed by atoms with Crippen LogP contribution in [-0.4, -0.2) is 55.9 Å². The number of ether oxygens (including phenoxy) is 3. The molecule has 2 atom stereocenters. The van der Waals surface area contributed by atoms with Crippen LogP contribution in [0.5, 0.6) is 0 Å². The minimum atomic E-state index is -1.43. The summed E-state index contributed by atoms with van der Waals surface area (Å²) in [7, 11) is 1.27. The molecule has 1 aromatic carbocycles. The highest BCUT2D eigenvalue weighted by Crippen LogP contribution is 2.20. The Hall–Kier alpha value is -1.96. The molecule has 0 aliphatic heterocycles. The van der Waals surface area contributed by atoms with E-state index in [1.54, 1.807) is 12.1 Å². The van der Waals surface area contributed by atoms with Crippen molar-refractivity contribution in [3.05, 3.63) is 35.4 Å². The molecule has 0 saturated heterocycles. The van der Waals surface area contributed by atoms with Gasteiger partial charge in [0.25, 0.3) is 6.47 Å². The van der Waals surface area contributed by atoms with E-state index in [-0.39, 0.29) is 6.47 Å². The number of aliphatic hydroxyl groups is 2. The summed E-state index contributed by atoms with van der Waals surface area (Å²) in [5.74, 6) is -1.24. The summed E-state index contributed by atoms with van der Waals surface area (Å²) >= 11 is 0. The maximum atomic E-state index is 11.2. The Balaban J connectivity index is 0.000000841. The molecule has 0 amide bonds. The Kier molecular flexibility index (Phi) is 11.5. The fraction of sp³-hybridized carbons (Fsp3) is 0.500. The van der Waals surface area contributed by atoms with Gasteiger partial charge in [-0.05, 0) is 31.5 Å². The first kappa shape index (κ1) is 21.0. The van der Waals surface area contributed by atoms with Gasteiger partial charge in [0, 0.05) is 13.2 Å². The standard InChI is InChI=1S/C12H14O6.C4H10O/c1-17-11(15)9-4-2-8(3-5-9)10(6-13)12(16)18-7-14;1-3-5-4-2/h2-5,7,10,12-13,16H,6H2,1H3;3-4H2,1-2H3.